The van der Waals surface area contributed by atoms with Gasteiger partial charge in [-0.05, 0) is 49.5 Å². The van der Waals surface area contributed by atoms with E-state index in [0.717, 1.165) is 39.0 Å². The number of piperidine rings is 1. The highest BCUT2D eigenvalue weighted by molar-refractivity contribution is 6.29. The van der Waals surface area contributed by atoms with Crippen LogP contribution >= 0.6 is 11.6 Å². The predicted molar refractivity (Wildman–Crippen MR) is 77.8 cm³/mol. The zero-order valence-corrected chi connectivity index (χ0v) is 12.1. The van der Waals surface area contributed by atoms with Crippen LogP contribution in [-0.2, 0) is 11.3 Å². The van der Waals surface area contributed by atoms with E-state index >= 15 is 0 Å². The summed E-state index contributed by atoms with van der Waals surface area (Å²) < 4.78 is 0. The molecular formula is C14H20ClN3O2. The van der Waals surface area contributed by atoms with Gasteiger partial charge in [-0.3, -0.25) is 9.69 Å². The van der Waals surface area contributed by atoms with Crippen molar-refractivity contribution in [2.75, 3.05) is 26.2 Å². The number of halogens is 1. The summed E-state index contributed by atoms with van der Waals surface area (Å²) in [7, 11) is 0. The van der Waals surface area contributed by atoms with Crippen molar-refractivity contribution in [2.24, 2.45) is 5.92 Å². The van der Waals surface area contributed by atoms with Crippen LogP contribution in [0, 0.1) is 5.92 Å². The Hall–Kier alpha value is -1.17. The lowest BCUT2D eigenvalue weighted by Crippen LogP contribution is -2.40. The maximum Gasteiger partial charge on any atom is 0.317 e. The van der Waals surface area contributed by atoms with E-state index in [9.17, 15) is 4.79 Å². The average molecular weight is 298 g/mol. The highest BCUT2D eigenvalue weighted by atomic mass is 35.5. The summed E-state index contributed by atoms with van der Waals surface area (Å²) in [6, 6.07) is 3.88. The Morgan fingerprint density at radius 1 is 1.60 bits per heavy atom. The molecule has 20 heavy (non-hydrogen) atoms. The first kappa shape index (κ1) is 15.2. The van der Waals surface area contributed by atoms with Gasteiger partial charge in [0, 0.05) is 19.3 Å². The number of pyridine rings is 1. The number of carboxylic acids is 1. The normalized spacial score (nSPS) is 19.9. The number of nitrogens with zero attached hydrogens (tertiary/aromatic N) is 2. The zero-order chi connectivity index (χ0) is 14.4. The van der Waals surface area contributed by atoms with Crippen molar-refractivity contribution in [3.05, 3.63) is 29.0 Å². The van der Waals surface area contributed by atoms with E-state index in [0.29, 0.717) is 11.1 Å². The Kier molecular flexibility index (Phi) is 5.76. The molecule has 0 radical (unpaired) electrons. The van der Waals surface area contributed by atoms with Crippen LogP contribution in [0.25, 0.3) is 0 Å². The lowest BCUT2D eigenvalue weighted by Gasteiger charge is -2.32. The van der Waals surface area contributed by atoms with E-state index in [1.807, 2.05) is 12.1 Å². The number of hydrogen-bond acceptors (Lipinski definition) is 4. The molecule has 6 heteroatoms. The van der Waals surface area contributed by atoms with Gasteiger partial charge in [-0.25, -0.2) is 4.98 Å². The number of nitrogens with one attached hydrogen (secondary N) is 1. The summed E-state index contributed by atoms with van der Waals surface area (Å²) in [5, 5.41) is 12.1. The van der Waals surface area contributed by atoms with Gasteiger partial charge >= 0.3 is 5.97 Å². The number of carbonyl (C=O) groups is 1. The molecule has 1 fully saturated rings. The molecule has 0 saturated carbocycles. The van der Waals surface area contributed by atoms with Gasteiger partial charge in [0.1, 0.15) is 5.15 Å². The molecule has 0 bridgehead atoms. The minimum absolute atomic E-state index is 0.0382. The fraction of sp³-hybridized carbons (Fsp3) is 0.571. The molecule has 0 aliphatic carbocycles. The molecule has 5 nitrogen and oxygen atoms in total. The minimum Gasteiger partial charge on any atom is -0.480 e. The molecule has 2 heterocycles. The highest BCUT2D eigenvalue weighted by Gasteiger charge is 2.19. The van der Waals surface area contributed by atoms with E-state index in [4.69, 9.17) is 16.7 Å². The molecule has 0 amide bonds. The van der Waals surface area contributed by atoms with E-state index in [1.165, 1.54) is 5.56 Å². The maximum absolute atomic E-state index is 10.5. The Labute approximate surface area is 123 Å². The van der Waals surface area contributed by atoms with Gasteiger partial charge in [-0.2, -0.15) is 0 Å². The minimum atomic E-state index is -0.802. The van der Waals surface area contributed by atoms with Crippen molar-refractivity contribution in [3.8, 4) is 0 Å². The van der Waals surface area contributed by atoms with Gasteiger partial charge in [0.05, 0.1) is 6.54 Å². The van der Waals surface area contributed by atoms with Crippen molar-refractivity contribution in [1.82, 2.24) is 15.2 Å². The quantitative estimate of drug-likeness (QED) is 0.781. The Morgan fingerprint density at radius 2 is 2.45 bits per heavy atom. The first-order valence-electron chi connectivity index (χ1n) is 6.89. The van der Waals surface area contributed by atoms with Crippen LogP contribution < -0.4 is 5.32 Å². The zero-order valence-electron chi connectivity index (χ0n) is 11.4. The van der Waals surface area contributed by atoms with Gasteiger partial charge in [0.25, 0.3) is 0 Å². The van der Waals surface area contributed by atoms with E-state index in [1.54, 1.807) is 6.20 Å². The molecule has 2 N–H and O–H groups in total. The summed E-state index contributed by atoms with van der Waals surface area (Å²) in [6.07, 6.45) is 4.03. The van der Waals surface area contributed by atoms with E-state index in [2.05, 4.69) is 15.2 Å². The largest absolute Gasteiger partial charge is 0.480 e. The number of likely N-dealkylation sites (tertiary alicyclic amines) is 1. The fourth-order valence-electron chi connectivity index (χ4n) is 2.64. The first-order chi connectivity index (χ1) is 9.63. The smallest absolute Gasteiger partial charge is 0.317 e. The second-order valence-corrected chi connectivity index (χ2v) is 5.64. The highest BCUT2D eigenvalue weighted by Crippen LogP contribution is 2.18. The van der Waals surface area contributed by atoms with E-state index in [-0.39, 0.29) is 6.54 Å². The number of rotatable bonds is 6. The lowest BCUT2D eigenvalue weighted by atomic mass is 9.97. The standard InChI is InChI=1S/C14H20ClN3O2/c15-13-6-11(3-4-17-13)9-18-5-1-2-12(10-18)7-16-8-14(19)20/h3-4,6,12,16H,1-2,5,7-10H2,(H,19,20). The third kappa shape index (κ3) is 5.07. The fourth-order valence-corrected chi connectivity index (χ4v) is 2.84. The van der Waals surface area contributed by atoms with Gasteiger partial charge in [0.2, 0.25) is 0 Å². The van der Waals surface area contributed by atoms with Crippen molar-refractivity contribution in [2.45, 2.75) is 19.4 Å². The summed E-state index contributed by atoms with van der Waals surface area (Å²) in [5.41, 5.74) is 1.17. The SMILES string of the molecule is O=C(O)CNCC1CCCN(Cc2ccnc(Cl)c2)C1. The molecule has 1 aliphatic rings. The average Bonchev–Trinajstić information content (AvgIpc) is 2.39. The van der Waals surface area contributed by atoms with Crippen LogP contribution in [0.4, 0.5) is 0 Å². The monoisotopic (exact) mass is 297 g/mol. The topological polar surface area (TPSA) is 65.5 Å². The predicted octanol–water partition coefficient (Wildman–Crippen LogP) is 1.62. The second kappa shape index (κ2) is 7.57. The molecule has 1 aliphatic heterocycles. The van der Waals surface area contributed by atoms with Crippen molar-refractivity contribution in [1.29, 1.82) is 0 Å². The van der Waals surface area contributed by atoms with Crippen LogP contribution in [0.5, 0.6) is 0 Å². The van der Waals surface area contributed by atoms with Gasteiger partial charge in [-0.15, -0.1) is 0 Å². The van der Waals surface area contributed by atoms with E-state index < -0.39 is 5.97 Å². The van der Waals surface area contributed by atoms with Crippen LogP contribution in [0.3, 0.4) is 0 Å². The van der Waals surface area contributed by atoms with Gasteiger partial charge < -0.3 is 10.4 Å². The van der Waals surface area contributed by atoms with Crippen LogP contribution in [0.2, 0.25) is 5.15 Å². The lowest BCUT2D eigenvalue weighted by molar-refractivity contribution is -0.136. The molecule has 0 spiro atoms. The number of aromatic nitrogens is 1. The maximum atomic E-state index is 10.5. The molecule has 1 aromatic rings. The number of hydrogen-bond donors (Lipinski definition) is 2. The summed E-state index contributed by atoms with van der Waals surface area (Å²) in [4.78, 5) is 16.9. The summed E-state index contributed by atoms with van der Waals surface area (Å²) in [6.45, 7) is 3.75. The van der Waals surface area contributed by atoms with Gasteiger partial charge in [0.15, 0.2) is 0 Å². The molecule has 1 unspecified atom stereocenters. The third-order valence-electron chi connectivity index (χ3n) is 3.51. The molecule has 2 rings (SSSR count). The summed E-state index contributed by atoms with van der Waals surface area (Å²) in [5.74, 6) is -0.287. The summed E-state index contributed by atoms with van der Waals surface area (Å²) >= 11 is 5.89. The third-order valence-corrected chi connectivity index (χ3v) is 3.72. The molecule has 1 atom stereocenters. The first-order valence-corrected chi connectivity index (χ1v) is 7.26. The Morgan fingerprint density at radius 3 is 3.20 bits per heavy atom. The van der Waals surface area contributed by atoms with Crippen LogP contribution in [-0.4, -0.2) is 47.1 Å². The molecule has 0 aromatic carbocycles. The van der Waals surface area contributed by atoms with Crippen molar-refractivity contribution < 1.29 is 9.90 Å². The Bertz CT molecular complexity index is 456. The molecule has 110 valence electrons. The van der Waals surface area contributed by atoms with Crippen molar-refractivity contribution >= 4 is 17.6 Å². The number of aliphatic carboxylic acids is 1. The van der Waals surface area contributed by atoms with Crippen LogP contribution in [0.1, 0.15) is 18.4 Å². The van der Waals surface area contributed by atoms with Gasteiger partial charge in [-0.1, -0.05) is 11.6 Å². The Balaban J connectivity index is 1.79. The molecule has 1 saturated heterocycles. The second-order valence-electron chi connectivity index (χ2n) is 5.25. The molecule has 1 aromatic heterocycles. The number of carboxylic acid groups (broad SMARTS) is 1. The van der Waals surface area contributed by atoms with Crippen molar-refractivity contribution in [3.63, 3.8) is 0 Å². The van der Waals surface area contributed by atoms with Crippen LogP contribution in [0.15, 0.2) is 18.3 Å². The molecular weight excluding hydrogens is 278 g/mol.